The highest BCUT2D eigenvalue weighted by Crippen LogP contribution is 2.33. The quantitative estimate of drug-likeness (QED) is 0.902. The van der Waals surface area contributed by atoms with E-state index in [1.807, 2.05) is 20.0 Å². The monoisotopic (exact) mass is 343 g/mol. The summed E-state index contributed by atoms with van der Waals surface area (Å²) in [6, 6.07) is 6.55. The zero-order valence-corrected chi connectivity index (χ0v) is 15.0. The Balaban J connectivity index is 1.85. The van der Waals surface area contributed by atoms with Gasteiger partial charge in [0.15, 0.2) is 0 Å². The maximum absolute atomic E-state index is 13.3. The molecule has 25 heavy (non-hydrogen) atoms. The summed E-state index contributed by atoms with van der Waals surface area (Å²) in [4.78, 5) is 11.5. The molecule has 0 aliphatic carbocycles. The Morgan fingerprint density at radius 1 is 1.32 bits per heavy atom. The van der Waals surface area contributed by atoms with Gasteiger partial charge < -0.3 is 10.0 Å². The SMILES string of the molecule is Cc1ncc(-c2ccc(F)cc2)c(C2CCCN(CCC(C)O)C2)n1. The summed E-state index contributed by atoms with van der Waals surface area (Å²) < 4.78 is 13.3. The van der Waals surface area contributed by atoms with Crippen molar-refractivity contribution < 1.29 is 9.50 Å². The number of halogens is 1. The molecule has 1 aromatic heterocycles. The van der Waals surface area contributed by atoms with Gasteiger partial charge in [-0.05, 0) is 57.4 Å². The molecule has 0 spiro atoms. The second kappa shape index (κ2) is 8.02. The molecule has 0 amide bonds. The van der Waals surface area contributed by atoms with Crippen LogP contribution in [0.1, 0.15) is 43.6 Å². The van der Waals surface area contributed by atoms with Crippen LogP contribution in [0.15, 0.2) is 30.5 Å². The summed E-state index contributed by atoms with van der Waals surface area (Å²) in [6.07, 6.45) is 4.60. The fourth-order valence-corrected chi connectivity index (χ4v) is 3.50. The lowest BCUT2D eigenvalue weighted by atomic mass is 9.89. The number of likely N-dealkylation sites (tertiary alicyclic amines) is 1. The fourth-order valence-electron chi connectivity index (χ4n) is 3.50. The van der Waals surface area contributed by atoms with E-state index < -0.39 is 0 Å². The van der Waals surface area contributed by atoms with Crippen molar-refractivity contribution in [2.24, 2.45) is 0 Å². The molecule has 0 radical (unpaired) electrons. The van der Waals surface area contributed by atoms with Gasteiger partial charge in [0.2, 0.25) is 0 Å². The predicted molar refractivity (Wildman–Crippen MR) is 96.9 cm³/mol. The molecule has 4 nitrogen and oxygen atoms in total. The fraction of sp³-hybridized carbons (Fsp3) is 0.500. The molecule has 3 rings (SSSR count). The van der Waals surface area contributed by atoms with Crippen molar-refractivity contribution in [1.82, 2.24) is 14.9 Å². The first-order valence-corrected chi connectivity index (χ1v) is 9.03. The highest BCUT2D eigenvalue weighted by atomic mass is 19.1. The van der Waals surface area contributed by atoms with Crippen molar-refractivity contribution in [1.29, 1.82) is 0 Å². The molecule has 134 valence electrons. The third-order valence-corrected chi connectivity index (χ3v) is 4.85. The number of aliphatic hydroxyl groups is 1. The lowest BCUT2D eigenvalue weighted by Gasteiger charge is -2.33. The minimum Gasteiger partial charge on any atom is -0.393 e. The van der Waals surface area contributed by atoms with E-state index in [1.165, 1.54) is 12.1 Å². The van der Waals surface area contributed by atoms with Crippen LogP contribution in [0.5, 0.6) is 0 Å². The van der Waals surface area contributed by atoms with E-state index >= 15 is 0 Å². The van der Waals surface area contributed by atoms with E-state index in [4.69, 9.17) is 4.98 Å². The van der Waals surface area contributed by atoms with Crippen LogP contribution in [-0.4, -0.2) is 45.7 Å². The van der Waals surface area contributed by atoms with Gasteiger partial charge in [0.1, 0.15) is 11.6 Å². The maximum Gasteiger partial charge on any atom is 0.125 e. The molecule has 1 aliphatic rings. The van der Waals surface area contributed by atoms with E-state index in [1.54, 1.807) is 12.1 Å². The van der Waals surface area contributed by atoms with Gasteiger partial charge in [0, 0.05) is 30.8 Å². The smallest absolute Gasteiger partial charge is 0.125 e. The molecule has 1 fully saturated rings. The third kappa shape index (κ3) is 4.61. The Morgan fingerprint density at radius 2 is 2.08 bits per heavy atom. The zero-order valence-electron chi connectivity index (χ0n) is 15.0. The minimum absolute atomic E-state index is 0.236. The molecular formula is C20H26FN3O. The first-order valence-electron chi connectivity index (χ1n) is 9.03. The molecule has 1 aliphatic heterocycles. The van der Waals surface area contributed by atoms with Gasteiger partial charge in [-0.2, -0.15) is 0 Å². The summed E-state index contributed by atoms with van der Waals surface area (Å²) in [5, 5.41) is 9.54. The Bertz CT molecular complexity index is 703. The predicted octanol–water partition coefficient (Wildman–Crippen LogP) is 3.54. The number of aromatic nitrogens is 2. The number of aryl methyl sites for hydroxylation is 1. The van der Waals surface area contributed by atoms with Crippen molar-refractivity contribution in [3.63, 3.8) is 0 Å². The van der Waals surface area contributed by atoms with Crippen LogP contribution >= 0.6 is 0 Å². The Labute approximate surface area is 148 Å². The molecule has 2 aromatic rings. The number of piperidine rings is 1. The van der Waals surface area contributed by atoms with E-state index in [2.05, 4.69) is 9.88 Å². The van der Waals surface area contributed by atoms with Gasteiger partial charge >= 0.3 is 0 Å². The number of benzene rings is 1. The van der Waals surface area contributed by atoms with Crippen molar-refractivity contribution in [3.8, 4) is 11.1 Å². The van der Waals surface area contributed by atoms with E-state index in [0.717, 1.165) is 61.5 Å². The van der Waals surface area contributed by atoms with Crippen LogP contribution < -0.4 is 0 Å². The molecule has 1 saturated heterocycles. The van der Waals surface area contributed by atoms with Gasteiger partial charge in [-0.1, -0.05) is 12.1 Å². The highest BCUT2D eigenvalue weighted by Gasteiger charge is 2.25. The van der Waals surface area contributed by atoms with Crippen molar-refractivity contribution >= 4 is 0 Å². The first-order chi connectivity index (χ1) is 12.0. The Morgan fingerprint density at radius 3 is 2.80 bits per heavy atom. The molecular weight excluding hydrogens is 317 g/mol. The van der Waals surface area contributed by atoms with Crippen LogP contribution in [0.4, 0.5) is 4.39 Å². The van der Waals surface area contributed by atoms with Crippen LogP contribution in [0, 0.1) is 12.7 Å². The zero-order chi connectivity index (χ0) is 17.8. The topological polar surface area (TPSA) is 49.2 Å². The van der Waals surface area contributed by atoms with Crippen LogP contribution in [0.2, 0.25) is 0 Å². The summed E-state index contributed by atoms with van der Waals surface area (Å²) >= 11 is 0. The molecule has 0 bridgehead atoms. The van der Waals surface area contributed by atoms with Crippen LogP contribution in [-0.2, 0) is 0 Å². The largest absolute Gasteiger partial charge is 0.393 e. The van der Waals surface area contributed by atoms with Crippen LogP contribution in [0.25, 0.3) is 11.1 Å². The minimum atomic E-state index is -0.267. The van der Waals surface area contributed by atoms with E-state index in [9.17, 15) is 9.50 Å². The van der Waals surface area contributed by atoms with Gasteiger partial charge in [-0.15, -0.1) is 0 Å². The number of hydrogen-bond acceptors (Lipinski definition) is 4. The number of rotatable bonds is 5. The van der Waals surface area contributed by atoms with Gasteiger partial charge in [-0.3, -0.25) is 0 Å². The van der Waals surface area contributed by atoms with Gasteiger partial charge in [-0.25, -0.2) is 14.4 Å². The average Bonchev–Trinajstić information content (AvgIpc) is 2.61. The average molecular weight is 343 g/mol. The molecule has 2 heterocycles. The normalized spacial score (nSPS) is 19.8. The van der Waals surface area contributed by atoms with Gasteiger partial charge in [0.05, 0.1) is 11.8 Å². The van der Waals surface area contributed by atoms with Crippen molar-refractivity contribution in [3.05, 3.63) is 47.8 Å². The Kier molecular flexibility index (Phi) is 5.76. The maximum atomic E-state index is 13.3. The molecule has 5 heteroatoms. The lowest BCUT2D eigenvalue weighted by molar-refractivity contribution is 0.140. The summed E-state index contributed by atoms with van der Waals surface area (Å²) in [5.41, 5.74) is 3.01. The highest BCUT2D eigenvalue weighted by molar-refractivity contribution is 5.65. The van der Waals surface area contributed by atoms with Gasteiger partial charge in [0.25, 0.3) is 0 Å². The lowest BCUT2D eigenvalue weighted by Crippen LogP contribution is -2.36. The third-order valence-electron chi connectivity index (χ3n) is 4.85. The second-order valence-electron chi connectivity index (χ2n) is 7.00. The number of aliphatic hydroxyl groups excluding tert-OH is 1. The summed E-state index contributed by atoms with van der Waals surface area (Å²) in [7, 11) is 0. The summed E-state index contributed by atoms with van der Waals surface area (Å²) in [6.45, 7) is 6.66. The molecule has 2 atom stereocenters. The number of hydrogen-bond donors (Lipinski definition) is 1. The molecule has 1 aromatic carbocycles. The second-order valence-corrected chi connectivity index (χ2v) is 7.00. The van der Waals surface area contributed by atoms with Crippen LogP contribution in [0.3, 0.4) is 0 Å². The molecule has 0 saturated carbocycles. The number of nitrogens with zero attached hydrogens (tertiary/aromatic N) is 3. The molecule has 2 unspecified atom stereocenters. The van der Waals surface area contributed by atoms with Crippen molar-refractivity contribution in [2.45, 2.75) is 45.1 Å². The Hall–Kier alpha value is -1.85. The molecule has 1 N–H and O–H groups in total. The van der Waals surface area contributed by atoms with E-state index in [-0.39, 0.29) is 11.9 Å². The van der Waals surface area contributed by atoms with Crippen molar-refractivity contribution in [2.75, 3.05) is 19.6 Å². The summed E-state index contributed by atoms with van der Waals surface area (Å²) in [5.74, 6) is 0.867. The van der Waals surface area contributed by atoms with E-state index in [0.29, 0.717) is 5.92 Å². The standard InChI is InChI=1S/C20H26FN3O/c1-14(25)9-11-24-10-3-4-17(13-24)20-19(12-22-15(2)23-20)16-5-7-18(21)8-6-16/h5-8,12,14,17,25H,3-4,9-11,13H2,1-2H3. The first kappa shape index (κ1) is 18.0.